The molecule has 5 heteroatoms. The molecule has 1 saturated heterocycles. The summed E-state index contributed by atoms with van der Waals surface area (Å²) in [5.41, 5.74) is 7.10. The summed E-state index contributed by atoms with van der Waals surface area (Å²) in [6.45, 7) is 4.80. The third kappa shape index (κ3) is 3.17. The lowest BCUT2D eigenvalue weighted by Gasteiger charge is -2.27. The van der Waals surface area contributed by atoms with Crippen LogP contribution in [0, 0.1) is 12.8 Å². The highest BCUT2D eigenvalue weighted by molar-refractivity contribution is 5.99. The molecule has 4 N–H and O–H groups in total. The summed E-state index contributed by atoms with van der Waals surface area (Å²) in [7, 11) is 0. The molecule has 0 aliphatic carbocycles. The van der Waals surface area contributed by atoms with Gasteiger partial charge in [0, 0.05) is 11.3 Å². The highest BCUT2D eigenvalue weighted by atomic mass is 16.2. The minimum atomic E-state index is -0.483. The van der Waals surface area contributed by atoms with Crippen molar-refractivity contribution in [3.63, 3.8) is 0 Å². The molecule has 2 atom stereocenters. The number of nitrogens with two attached hydrogens (primary N) is 1. The van der Waals surface area contributed by atoms with Crippen molar-refractivity contribution in [2.24, 2.45) is 11.7 Å². The summed E-state index contributed by atoms with van der Waals surface area (Å²) in [4.78, 5) is 23.6. The Bertz CT molecular complexity index is 528. The number of benzene rings is 1. The first-order valence-electron chi connectivity index (χ1n) is 6.92. The van der Waals surface area contributed by atoms with Crippen molar-refractivity contribution in [2.45, 2.75) is 32.7 Å². The van der Waals surface area contributed by atoms with Crippen molar-refractivity contribution in [1.29, 1.82) is 0 Å². The van der Waals surface area contributed by atoms with Gasteiger partial charge in [-0.2, -0.15) is 0 Å². The molecule has 0 aromatic heterocycles. The summed E-state index contributed by atoms with van der Waals surface area (Å²) in [5, 5.41) is 6.11. The van der Waals surface area contributed by atoms with Crippen molar-refractivity contribution in [3.8, 4) is 0 Å². The number of hydrogen-bond acceptors (Lipinski definition) is 3. The van der Waals surface area contributed by atoms with Gasteiger partial charge in [0.25, 0.3) is 0 Å². The lowest BCUT2D eigenvalue weighted by Crippen LogP contribution is -2.45. The number of piperidine rings is 1. The Balaban J connectivity index is 2.11. The van der Waals surface area contributed by atoms with E-state index in [9.17, 15) is 9.59 Å². The highest BCUT2D eigenvalue weighted by Crippen LogP contribution is 2.21. The Morgan fingerprint density at radius 1 is 1.40 bits per heavy atom. The summed E-state index contributed by atoms with van der Waals surface area (Å²) in [5.74, 6) is 0.00864. The fourth-order valence-electron chi connectivity index (χ4n) is 2.57. The molecule has 1 aromatic rings. The number of primary amides is 1. The first-order chi connectivity index (χ1) is 9.49. The monoisotopic (exact) mass is 275 g/mol. The fraction of sp³-hybridized carbons (Fsp3) is 0.467. The quantitative estimate of drug-likeness (QED) is 0.780. The maximum absolute atomic E-state index is 12.3. The summed E-state index contributed by atoms with van der Waals surface area (Å²) in [6, 6.07) is 5.00. The number of carbonyl (C=O) groups is 2. The Kier molecular flexibility index (Phi) is 4.39. The van der Waals surface area contributed by atoms with Gasteiger partial charge in [0.2, 0.25) is 11.8 Å². The standard InChI is InChI=1S/C15H21N3O2/c1-9-6-7-17-13(8-9)15(20)18-12-5-3-4-11(10(12)2)14(16)19/h3-5,9,13,17H,6-8H2,1-2H3,(H2,16,19)(H,18,20). The second kappa shape index (κ2) is 6.05. The first kappa shape index (κ1) is 14.5. The van der Waals surface area contributed by atoms with Gasteiger partial charge in [0.05, 0.1) is 6.04 Å². The molecule has 1 heterocycles. The molecule has 1 fully saturated rings. The normalized spacial score (nSPS) is 22.3. The number of hydrogen-bond donors (Lipinski definition) is 3. The molecule has 2 unspecified atom stereocenters. The molecule has 1 aliphatic heterocycles. The number of rotatable bonds is 3. The van der Waals surface area contributed by atoms with E-state index >= 15 is 0 Å². The van der Waals surface area contributed by atoms with E-state index in [0.29, 0.717) is 22.7 Å². The average Bonchev–Trinajstić information content (AvgIpc) is 2.40. The molecule has 0 spiro atoms. The molecule has 5 nitrogen and oxygen atoms in total. The molecule has 0 bridgehead atoms. The van der Waals surface area contributed by atoms with Gasteiger partial charge in [-0.15, -0.1) is 0 Å². The summed E-state index contributed by atoms with van der Waals surface area (Å²) >= 11 is 0. The van der Waals surface area contributed by atoms with Gasteiger partial charge in [-0.05, 0) is 49.9 Å². The fourth-order valence-corrected chi connectivity index (χ4v) is 2.57. The first-order valence-corrected chi connectivity index (χ1v) is 6.92. The van der Waals surface area contributed by atoms with Crippen LogP contribution in [0.5, 0.6) is 0 Å². The molecule has 0 saturated carbocycles. The largest absolute Gasteiger partial charge is 0.366 e. The minimum absolute atomic E-state index is 0.0544. The number of anilines is 1. The van der Waals surface area contributed by atoms with Crippen LogP contribution < -0.4 is 16.4 Å². The van der Waals surface area contributed by atoms with E-state index in [4.69, 9.17) is 5.73 Å². The van der Waals surface area contributed by atoms with Crippen molar-refractivity contribution in [3.05, 3.63) is 29.3 Å². The Morgan fingerprint density at radius 3 is 2.80 bits per heavy atom. The minimum Gasteiger partial charge on any atom is -0.366 e. The van der Waals surface area contributed by atoms with E-state index < -0.39 is 5.91 Å². The van der Waals surface area contributed by atoms with Crippen LogP contribution in [0.4, 0.5) is 5.69 Å². The smallest absolute Gasteiger partial charge is 0.249 e. The third-order valence-corrected chi connectivity index (χ3v) is 3.84. The molecular weight excluding hydrogens is 254 g/mol. The van der Waals surface area contributed by atoms with E-state index in [0.717, 1.165) is 19.4 Å². The average molecular weight is 275 g/mol. The Morgan fingerprint density at radius 2 is 2.15 bits per heavy atom. The van der Waals surface area contributed by atoms with Crippen LogP contribution in [0.15, 0.2) is 18.2 Å². The molecule has 1 aromatic carbocycles. The molecule has 20 heavy (non-hydrogen) atoms. The second-order valence-corrected chi connectivity index (χ2v) is 5.47. The van der Waals surface area contributed by atoms with E-state index in [2.05, 4.69) is 17.6 Å². The van der Waals surface area contributed by atoms with Crippen LogP contribution in [0.1, 0.15) is 35.7 Å². The zero-order valence-electron chi connectivity index (χ0n) is 11.9. The van der Waals surface area contributed by atoms with Crippen LogP contribution in [-0.2, 0) is 4.79 Å². The number of carbonyl (C=O) groups excluding carboxylic acids is 2. The lowest BCUT2D eigenvalue weighted by atomic mass is 9.94. The number of nitrogens with one attached hydrogen (secondary N) is 2. The molecule has 2 rings (SSSR count). The van der Waals surface area contributed by atoms with Crippen LogP contribution in [0.25, 0.3) is 0 Å². The second-order valence-electron chi connectivity index (χ2n) is 5.47. The zero-order valence-corrected chi connectivity index (χ0v) is 11.9. The molecule has 108 valence electrons. The predicted octanol–water partition coefficient (Wildman–Crippen LogP) is 1.42. The van der Waals surface area contributed by atoms with Gasteiger partial charge < -0.3 is 16.4 Å². The maximum Gasteiger partial charge on any atom is 0.249 e. The summed E-state index contributed by atoms with van der Waals surface area (Å²) < 4.78 is 0. The Hall–Kier alpha value is -1.88. The third-order valence-electron chi connectivity index (χ3n) is 3.84. The topological polar surface area (TPSA) is 84.2 Å². The zero-order chi connectivity index (χ0) is 14.7. The SMILES string of the molecule is Cc1c(NC(=O)C2CC(C)CCN2)cccc1C(N)=O. The van der Waals surface area contributed by atoms with E-state index in [-0.39, 0.29) is 11.9 Å². The van der Waals surface area contributed by atoms with Crippen molar-refractivity contribution in [2.75, 3.05) is 11.9 Å². The number of amides is 2. The van der Waals surface area contributed by atoms with Gasteiger partial charge in [-0.1, -0.05) is 13.0 Å². The van der Waals surface area contributed by atoms with Crippen molar-refractivity contribution >= 4 is 17.5 Å². The van der Waals surface area contributed by atoms with Gasteiger partial charge in [0.1, 0.15) is 0 Å². The van der Waals surface area contributed by atoms with Crippen molar-refractivity contribution in [1.82, 2.24) is 5.32 Å². The summed E-state index contributed by atoms with van der Waals surface area (Å²) in [6.07, 6.45) is 1.93. The Labute approximate surface area is 118 Å². The van der Waals surface area contributed by atoms with Crippen LogP contribution in [0.2, 0.25) is 0 Å². The van der Waals surface area contributed by atoms with Crippen molar-refractivity contribution < 1.29 is 9.59 Å². The molecule has 0 radical (unpaired) electrons. The van der Waals surface area contributed by atoms with Crippen LogP contribution in [0.3, 0.4) is 0 Å². The van der Waals surface area contributed by atoms with E-state index in [1.807, 2.05) is 0 Å². The van der Waals surface area contributed by atoms with Crippen LogP contribution in [-0.4, -0.2) is 24.4 Å². The van der Waals surface area contributed by atoms with Gasteiger partial charge in [-0.3, -0.25) is 9.59 Å². The van der Waals surface area contributed by atoms with E-state index in [1.54, 1.807) is 25.1 Å². The van der Waals surface area contributed by atoms with Crippen LogP contribution >= 0.6 is 0 Å². The van der Waals surface area contributed by atoms with Gasteiger partial charge >= 0.3 is 0 Å². The lowest BCUT2D eigenvalue weighted by molar-refractivity contribution is -0.119. The van der Waals surface area contributed by atoms with Gasteiger partial charge in [-0.25, -0.2) is 0 Å². The molecule has 1 aliphatic rings. The maximum atomic E-state index is 12.3. The van der Waals surface area contributed by atoms with Gasteiger partial charge in [0.15, 0.2) is 0 Å². The molecule has 2 amide bonds. The highest BCUT2D eigenvalue weighted by Gasteiger charge is 2.25. The predicted molar refractivity (Wildman–Crippen MR) is 78.5 cm³/mol. The molecular formula is C15H21N3O2. The van der Waals surface area contributed by atoms with E-state index in [1.165, 1.54) is 0 Å².